The molecule has 1 amide bonds. The van der Waals surface area contributed by atoms with Crippen LogP contribution in [0.3, 0.4) is 0 Å². The lowest BCUT2D eigenvalue weighted by atomic mass is 10.1. The number of benzene rings is 2. The number of carbonyl (C=O) groups is 1. The molecule has 0 heterocycles. The van der Waals surface area contributed by atoms with Crippen molar-refractivity contribution in [3.63, 3.8) is 0 Å². The van der Waals surface area contributed by atoms with Gasteiger partial charge in [0, 0.05) is 0 Å². The van der Waals surface area contributed by atoms with Gasteiger partial charge in [-0.05, 0) is 49.6 Å². The molecular weight excluding hydrogens is 340 g/mol. The second-order valence-corrected chi connectivity index (χ2v) is 7.48. The lowest BCUT2D eigenvalue weighted by Crippen LogP contribution is -2.31. The first-order chi connectivity index (χ1) is 11.7. The molecule has 0 aliphatic carbocycles. The number of nitrogens with two attached hydrogens (primary N) is 1. The fourth-order valence-corrected chi connectivity index (χ4v) is 3.06. The molecule has 0 radical (unpaired) electrons. The van der Waals surface area contributed by atoms with Crippen LogP contribution in [0, 0.1) is 13.8 Å². The maximum Gasteiger partial charge on any atom is 0.258 e. The van der Waals surface area contributed by atoms with Crippen LogP contribution in [0.15, 0.2) is 47.4 Å². The summed E-state index contributed by atoms with van der Waals surface area (Å²) in [6, 6.07) is 11.6. The summed E-state index contributed by atoms with van der Waals surface area (Å²) in [4.78, 5) is 12.1. The molecule has 2 aromatic carbocycles. The summed E-state index contributed by atoms with van der Waals surface area (Å²) < 4.78 is 28.5. The Kier molecular flexibility index (Phi) is 5.81. The number of rotatable bonds is 6. The van der Waals surface area contributed by atoms with Gasteiger partial charge in [0.2, 0.25) is 10.0 Å². The van der Waals surface area contributed by atoms with E-state index in [2.05, 4.69) is 5.32 Å². The molecule has 6 nitrogen and oxygen atoms in total. The summed E-state index contributed by atoms with van der Waals surface area (Å²) in [7, 11) is -3.78. The van der Waals surface area contributed by atoms with Gasteiger partial charge in [0.25, 0.3) is 5.91 Å². The molecule has 0 aliphatic rings. The molecule has 0 aromatic heterocycles. The zero-order valence-electron chi connectivity index (χ0n) is 14.4. The lowest BCUT2D eigenvalue weighted by molar-refractivity contribution is -0.123. The maximum absolute atomic E-state index is 12.1. The second-order valence-electron chi connectivity index (χ2n) is 5.92. The predicted molar refractivity (Wildman–Crippen MR) is 95.8 cm³/mol. The van der Waals surface area contributed by atoms with E-state index in [1.54, 1.807) is 19.1 Å². The van der Waals surface area contributed by atoms with Crippen molar-refractivity contribution >= 4 is 15.9 Å². The van der Waals surface area contributed by atoms with E-state index >= 15 is 0 Å². The van der Waals surface area contributed by atoms with Gasteiger partial charge in [0.15, 0.2) is 6.61 Å². The lowest BCUT2D eigenvalue weighted by Gasteiger charge is -2.16. The highest BCUT2D eigenvalue weighted by atomic mass is 32.2. The van der Waals surface area contributed by atoms with Crippen LogP contribution in [-0.4, -0.2) is 20.9 Å². The normalized spacial score (nSPS) is 12.5. The van der Waals surface area contributed by atoms with E-state index in [9.17, 15) is 13.2 Å². The van der Waals surface area contributed by atoms with Crippen molar-refractivity contribution in [3.05, 3.63) is 59.2 Å². The van der Waals surface area contributed by atoms with E-state index in [0.29, 0.717) is 11.3 Å². The Labute approximate surface area is 148 Å². The van der Waals surface area contributed by atoms with E-state index in [1.807, 2.05) is 32.0 Å². The number of aryl methyl sites for hydroxylation is 2. The summed E-state index contributed by atoms with van der Waals surface area (Å²) in [5.74, 6) is 0.401. The molecule has 1 atom stereocenters. The topological polar surface area (TPSA) is 98.5 Å². The van der Waals surface area contributed by atoms with Crippen molar-refractivity contribution < 1.29 is 17.9 Å². The standard InChI is InChI=1S/C18H22N2O4S/c1-12-6-4-7-13(2)18(12)24-11-17(21)20-14(3)15-8-5-9-16(10-15)25(19,22)23/h4-10,14H,11H2,1-3H3,(H,20,21)(H2,19,22,23). The molecule has 7 heteroatoms. The summed E-state index contributed by atoms with van der Waals surface area (Å²) in [6.45, 7) is 5.48. The number of hydrogen-bond donors (Lipinski definition) is 2. The molecule has 134 valence electrons. The average molecular weight is 362 g/mol. The number of sulfonamides is 1. The third-order valence-electron chi connectivity index (χ3n) is 3.82. The van der Waals surface area contributed by atoms with E-state index in [1.165, 1.54) is 12.1 Å². The molecule has 0 saturated carbocycles. The van der Waals surface area contributed by atoms with Gasteiger partial charge in [-0.3, -0.25) is 4.79 Å². The van der Waals surface area contributed by atoms with Crippen molar-refractivity contribution in [1.29, 1.82) is 0 Å². The van der Waals surface area contributed by atoms with Gasteiger partial charge in [0.1, 0.15) is 5.75 Å². The number of hydrogen-bond acceptors (Lipinski definition) is 4. The van der Waals surface area contributed by atoms with Crippen LogP contribution in [0.4, 0.5) is 0 Å². The number of nitrogens with one attached hydrogen (secondary N) is 1. The van der Waals surface area contributed by atoms with Crippen LogP contribution in [0.25, 0.3) is 0 Å². The Morgan fingerprint density at radius 1 is 1.16 bits per heavy atom. The Morgan fingerprint density at radius 3 is 2.36 bits per heavy atom. The molecule has 0 fully saturated rings. The van der Waals surface area contributed by atoms with E-state index in [0.717, 1.165) is 11.1 Å². The van der Waals surface area contributed by atoms with Crippen LogP contribution < -0.4 is 15.2 Å². The van der Waals surface area contributed by atoms with Gasteiger partial charge in [0.05, 0.1) is 10.9 Å². The minimum atomic E-state index is -3.78. The molecule has 0 aliphatic heterocycles. The number of primary sulfonamides is 1. The Hall–Kier alpha value is -2.38. The molecule has 0 bridgehead atoms. The van der Waals surface area contributed by atoms with Gasteiger partial charge in [-0.2, -0.15) is 0 Å². The van der Waals surface area contributed by atoms with Crippen molar-refractivity contribution in [1.82, 2.24) is 5.32 Å². The van der Waals surface area contributed by atoms with Crippen molar-refractivity contribution in [2.24, 2.45) is 5.14 Å². The molecule has 0 saturated heterocycles. The molecule has 25 heavy (non-hydrogen) atoms. The average Bonchev–Trinajstić information content (AvgIpc) is 2.53. The number of ether oxygens (including phenoxy) is 1. The summed E-state index contributed by atoms with van der Waals surface area (Å²) in [5, 5.41) is 7.92. The first kappa shape index (κ1) is 19.0. The minimum absolute atomic E-state index is 0.0119. The Morgan fingerprint density at radius 2 is 1.76 bits per heavy atom. The van der Waals surface area contributed by atoms with Crippen molar-refractivity contribution in [3.8, 4) is 5.75 Å². The van der Waals surface area contributed by atoms with Gasteiger partial charge in [-0.1, -0.05) is 30.3 Å². The van der Waals surface area contributed by atoms with Gasteiger partial charge in [-0.25, -0.2) is 13.6 Å². The number of carbonyl (C=O) groups excluding carboxylic acids is 1. The fourth-order valence-electron chi connectivity index (χ4n) is 2.49. The monoisotopic (exact) mass is 362 g/mol. The zero-order valence-corrected chi connectivity index (χ0v) is 15.3. The number of para-hydroxylation sites is 1. The molecular formula is C18H22N2O4S. The molecule has 3 N–H and O–H groups in total. The van der Waals surface area contributed by atoms with E-state index in [4.69, 9.17) is 9.88 Å². The maximum atomic E-state index is 12.1. The minimum Gasteiger partial charge on any atom is -0.483 e. The SMILES string of the molecule is Cc1cccc(C)c1OCC(=O)NC(C)c1cccc(S(N)(=O)=O)c1. The van der Waals surface area contributed by atoms with Gasteiger partial charge >= 0.3 is 0 Å². The summed E-state index contributed by atoms with van der Waals surface area (Å²) in [5.41, 5.74) is 2.57. The van der Waals surface area contributed by atoms with Gasteiger partial charge < -0.3 is 10.1 Å². The van der Waals surface area contributed by atoms with E-state index < -0.39 is 10.0 Å². The third kappa shape index (κ3) is 5.04. The van der Waals surface area contributed by atoms with Crippen LogP contribution >= 0.6 is 0 Å². The highest BCUT2D eigenvalue weighted by Gasteiger charge is 2.14. The quantitative estimate of drug-likeness (QED) is 0.823. The Bertz CT molecular complexity index is 858. The molecule has 0 spiro atoms. The zero-order chi connectivity index (χ0) is 18.6. The Balaban J connectivity index is 2.01. The first-order valence-electron chi connectivity index (χ1n) is 7.79. The fraction of sp³-hybridized carbons (Fsp3) is 0.278. The van der Waals surface area contributed by atoms with Crippen LogP contribution in [0.5, 0.6) is 5.75 Å². The molecule has 1 unspecified atom stereocenters. The highest BCUT2D eigenvalue weighted by Crippen LogP contribution is 2.22. The highest BCUT2D eigenvalue weighted by molar-refractivity contribution is 7.89. The third-order valence-corrected chi connectivity index (χ3v) is 4.73. The first-order valence-corrected chi connectivity index (χ1v) is 9.34. The smallest absolute Gasteiger partial charge is 0.258 e. The second kappa shape index (κ2) is 7.67. The van der Waals surface area contributed by atoms with E-state index in [-0.39, 0.29) is 23.5 Å². The summed E-state index contributed by atoms with van der Waals surface area (Å²) >= 11 is 0. The van der Waals surface area contributed by atoms with Gasteiger partial charge in [-0.15, -0.1) is 0 Å². The predicted octanol–water partition coefficient (Wildman–Crippen LogP) is 2.21. The van der Waals surface area contributed by atoms with Crippen LogP contribution in [-0.2, 0) is 14.8 Å². The number of amides is 1. The van der Waals surface area contributed by atoms with Crippen molar-refractivity contribution in [2.45, 2.75) is 31.7 Å². The van der Waals surface area contributed by atoms with Crippen LogP contribution in [0.2, 0.25) is 0 Å². The molecule has 2 rings (SSSR count). The largest absolute Gasteiger partial charge is 0.483 e. The molecule has 2 aromatic rings. The van der Waals surface area contributed by atoms with Crippen LogP contribution in [0.1, 0.15) is 29.7 Å². The summed E-state index contributed by atoms with van der Waals surface area (Å²) in [6.07, 6.45) is 0. The van der Waals surface area contributed by atoms with Crippen molar-refractivity contribution in [2.75, 3.05) is 6.61 Å².